The van der Waals surface area contributed by atoms with E-state index in [0.717, 1.165) is 70.9 Å². The molecule has 0 radical (unpaired) electrons. The summed E-state index contributed by atoms with van der Waals surface area (Å²) in [6.45, 7) is 7.33. The lowest BCUT2D eigenvalue weighted by Crippen LogP contribution is -2.43. The number of nitrogens with zero attached hydrogens (tertiary/aromatic N) is 3. The number of benzene rings is 1. The maximum Gasteiger partial charge on any atom is 0.225 e. The normalized spacial score (nSPS) is 24.1. The molecule has 1 aromatic heterocycles. The average Bonchev–Trinajstić information content (AvgIpc) is 3.42. The molecule has 1 unspecified atom stereocenters. The zero-order valence-corrected chi connectivity index (χ0v) is 18.2. The van der Waals surface area contributed by atoms with Crippen LogP contribution in [0.1, 0.15) is 31.7 Å². The Morgan fingerprint density at radius 2 is 1.87 bits per heavy atom. The Bertz CT molecular complexity index is 884. The number of amides is 1. The second-order valence-electron chi connectivity index (χ2n) is 8.83. The molecule has 3 aliphatic rings. The minimum atomic E-state index is 0.222. The van der Waals surface area contributed by atoms with Gasteiger partial charge in [-0.3, -0.25) is 4.79 Å². The quantitative estimate of drug-likeness (QED) is 0.710. The van der Waals surface area contributed by atoms with Crippen molar-refractivity contribution < 1.29 is 19.0 Å². The number of ether oxygens (including phenoxy) is 3. The first-order valence-electron chi connectivity index (χ1n) is 11.7. The fourth-order valence-corrected chi connectivity index (χ4v) is 4.97. The van der Waals surface area contributed by atoms with Crippen LogP contribution < -0.4 is 4.74 Å². The monoisotopic (exact) mass is 427 g/mol. The van der Waals surface area contributed by atoms with E-state index < -0.39 is 0 Å². The van der Waals surface area contributed by atoms with Crippen LogP contribution in [0.4, 0.5) is 0 Å². The predicted molar refractivity (Wildman–Crippen MR) is 119 cm³/mol. The summed E-state index contributed by atoms with van der Waals surface area (Å²) >= 11 is 0. The molecule has 0 aliphatic carbocycles. The molecular weight excluding hydrogens is 394 g/mol. The van der Waals surface area contributed by atoms with Crippen LogP contribution in [0, 0.1) is 0 Å². The van der Waals surface area contributed by atoms with Crippen LogP contribution in [0.2, 0.25) is 0 Å². The molecule has 5 rings (SSSR count). The number of rotatable bonds is 6. The minimum Gasteiger partial charge on any atom is -0.490 e. The molecular formula is C24H33N3O4. The summed E-state index contributed by atoms with van der Waals surface area (Å²) in [5.41, 5.74) is 1.23. The van der Waals surface area contributed by atoms with Crippen LogP contribution in [0.3, 0.4) is 0 Å². The molecule has 2 aromatic rings. The molecule has 3 fully saturated rings. The first kappa shape index (κ1) is 20.8. The topological polar surface area (TPSA) is 56.2 Å². The number of aromatic nitrogens is 1. The molecule has 7 heteroatoms. The fraction of sp³-hybridized carbons (Fsp3) is 0.625. The molecule has 0 N–H and O–H groups in total. The van der Waals surface area contributed by atoms with Gasteiger partial charge in [-0.1, -0.05) is 6.07 Å². The maximum absolute atomic E-state index is 12.1. The van der Waals surface area contributed by atoms with Crippen molar-refractivity contribution in [2.24, 2.45) is 0 Å². The van der Waals surface area contributed by atoms with E-state index in [-0.39, 0.29) is 12.0 Å². The SMILES string of the molecule is O=C1CCOCCN1CCN1CCC(Oc2cccc3c2ccn3C2CCOC2)CC1. The molecule has 1 aromatic carbocycles. The number of likely N-dealkylation sites (tertiary alicyclic amines) is 1. The van der Waals surface area contributed by atoms with E-state index in [1.165, 1.54) is 10.9 Å². The number of fused-ring (bicyclic) bond motifs is 1. The fourth-order valence-electron chi connectivity index (χ4n) is 4.97. The van der Waals surface area contributed by atoms with Crippen molar-refractivity contribution in [2.75, 3.05) is 59.2 Å². The van der Waals surface area contributed by atoms with Crippen LogP contribution in [0.15, 0.2) is 30.5 Å². The first-order valence-corrected chi connectivity index (χ1v) is 11.7. The highest BCUT2D eigenvalue weighted by Crippen LogP contribution is 2.32. The van der Waals surface area contributed by atoms with E-state index in [2.05, 4.69) is 39.9 Å². The van der Waals surface area contributed by atoms with E-state index in [4.69, 9.17) is 14.2 Å². The lowest BCUT2D eigenvalue weighted by atomic mass is 10.1. The van der Waals surface area contributed by atoms with Crippen molar-refractivity contribution in [1.29, 1.82) is 0 Å². The van der Waals surface area contributed by atoms with Gasteiger partial charge in [-0.15, -0.1) is 0 Å². The summed E-state index contributed by atoms with van der Waals surface area (Å²) in [4.78, 5) is 16.5. The van der Waals surface area contributed by atoms with Crippen LogP contribution in [0.25, 0.3) is 10.9 Å². The van der Waals surface area contributed by atoms with Crippen LogP contribution in [0.5, 0.6) is 5.75 Å². The highest BCUT2D eigenvalue weighted by Gasteiger charge is 2.24. The van der Waals surface area contributed by atoms with Crippen molar-refractivity contribution in [2.45, 2.75) is 37.8 Å². The second kappa shape index (κ2) is 9.59. The number of carbonyl (C=O) groups excluding carboxylic acids is 1. The van der Waals surface area contributed by atoms with Gasteiger partial charge >= 0.3 is 0 Å². The lowest BCUT2D eigenvalue weighted by Gasteiger charge is -2.33. The third-order valence-corrected chi connectivity index (χ3v) is 6.86. The number of carbonyl (C=O) groups is 1. The van der Waals surface area contributed by atoms with Crippen molar-refractivity contribution >= 4 is 16.8 Å². The second-order valence-corrected chi connectivity index (χ2v) is 8.83. The summed E-state index contributed by atoms with van der Waals surface area (Å²) in [5.74, 6) is 1.21. The van der Waals surface area contributed by atoms with E-state index in [1.807, 2.05) is 4.90 Å². The van der Waals surface area contributed by atoms with Crippen LogP contribution in [-0.2, 0) is 14.3 Å². The van der Waals surface area contributed by atoms with Gasteiger partial charge < -0.3 is 28.6 Å². The molecule has 3 saturated heterocycles. The van der Waals surface area contributed by atoms with Crippen molar-refractivity contribution in [3.8, 4) is 5.75 Å². The summed E-state index contributed by atoms with van der Waals surface area (Å²) in [6, 6.07) is 8.98. The summed E-state index contributed by atoms with van der Waals surface area (Å²) in [6.07, 6.45) is 6.04. The van der Waals surface area contributed by atoms with Gasteiger partial charge in [-0.05, 0) is 37.5 Å². The highest BCUT2D eigenvalue weighted by molar-refractivity contribution is 5.86. The van der Waals surface area contributed by atoms with Gasteiger partial charge in [0.2, 0.25) is 5.91 Å². The van der Waals surface area contributed by atoms with Gasteiger partial charge in [0.1, 0.15) is 11.9 Å². The largest absolute Gasteiger partial charge is 0.490 e. The maximum atomic E-state index is 12.1. The highest BCUT2D eigenvalue weighted by atomic mass is 16.5. The van der Waals surface area contributed by atoms with Crippen LogP contribution in [-0.4, -0.2) is 85.5 Å². The zero-order chi connectivity index (χ0) is 21.0. The first-order chi connectivity index (χ1) is 15.3. The van der Waals surface area contributed by atoms with E-state index in [1.54, 1.807) is 0 Å². The molecule has 0 bridgehead atoms. The van der Waals surface area contributed by atoms with Gasteiger partial charge in [-0.25, -0.2) is 0 Å². The molecule has 1 amide bonds. The Morgan fingerprint density at radius 3 is 2.71 bits per heavy atom. The number of hydrogen-bond acceptors (Lipinski definition) is 5. The molecule has 0 spiro atoms. The van der Waals surface area contributed by atoms with Crippen LogP contribution >= 0.6 is 0 Å². The molecule has 1 atom stereocenters. The standard InChI is InChI=1S/C24H33N3O4/c28-24-8-16-29-17-14-26(24)13-12-25-9-4-20(5-10-25)31-23-3-1-2-22-21(23)6-11-27(22)19-7-15-30-18-19/h1-3,6,11,19-20H,4-5,7-10,12-18H2. The van der Waals surface area contributed by atoms with Crippen molar-refractivity contribution in [3.05, 3.63) is 30.5 Å². The Morgan fingerprint density at radius 1 is 0.968 bits per heavy atom. The predicted octanol–water partition coefficient (Wildman–Crippen LogP) is 2.69. The Hall–Kier alpha value is -2.09. The summed E-state index contributed by atoms with van der Waals surface area (Å²) in [5, 5.41) is 1.19. The van der Waals surface area contributed by atoms with Gasteiger partial charge in [-0.2, -0.15) is 0 Å². The lowest BCUT2D eigenvalue weighted by molar-refractivity contribution is -0.130. The van der Waals surface area contributed by atoms with Gasteiger partial charge in [0.25, 0.3) is 0 Å². The molecule has 31 heavy (non-hydrogen) atoms. The Labute approximate surface area is 183 Å². The van der Waals surface area contributed by atoms with Gasteiger partial charge in [0, 0.05) is 50.9 Å². The number of hydrogen-bond donors (Lipinski definition) is 0. The third-order valence-electron chi connectivity index (χ3n) is 6.86. The van der Waals surface area contributed by atoms with Gasteiger partial charge in [0.05, 0.1) is 37.8 Å². The van der Waals surface area contributed by atoms with Crippen molar-refractivity contribution in [3.63, 3.8) is 0 Å². The Balaban J connectivity index is 1.15. The van der Waals surface area contributed by atoms with E-state index >= 15 is 0 Å². The Kier molecular flexibility index (Phi) is 6.43. The van der Waals surface area contributed by atoms with Crippen molar-refractivity contribution in [1.82, 2.24) is 14.4 Å². The smallest absolute Gasteiger partial charge is 0.225 e. The van der Waals surface area contributed by atoms with E-state index in [9.17, 15) is 4.79 Å². The average molecular weight is 428 g/mol. The molecule has 4 heterocycles. The molecule has 168 valence electrons. The van der Waals surface area contributed by atoms with Gasteiger partial charge in [0.15, 0.2) is 0 Å². The van der Waals surface area contributed by atoms with E-state index in [0.29, 0.717) is 25.7 Å². The number of piperidine rings is 1. The molecule has 7 nitrogen and oxygen atoms in total. The zero-order valence-electron chi connectivity index (χ0n) is 18.2. The minimum absolute atomic E-state index is 0.222. The molecule has 3 aliphatic heterocycles. The summed E-state index contributed by atoms with van der Waals surface area (Å²) in [7, 11) is 0. The summed E-state index contributed by atoms with van der Waals surface area (Å²) < 4.78 is 19.8. The molecule has 0 saturated carbocycles. The third kappa shape index (κ3) is 4.73.